The predicted octanol–water partition coefficient (Wildman–Crippen LogP) is 0.541. The minimum atomic E-state index is -0.366. The number of hydrogen-bond donors (Lipinski definition) is 3. The van der Waals surface area contributed by atoms with Gasteiger partial charge in [0.15, 0.2) is 5.43 Å². The van der Waals surface area contributed by atoms with Crippen LogP contribution in [0.15, 0.2) is 17.1 Å². The first-order valence-electron chi connectivity index (χ1n) is 5.78. The summed E-state index contributed by atoms with van der Waals surface area (Å²) in [7, 11) is 0. The summed E-state index contributed by atoms with van der Waals surface area (Å²) in [4.78, 5) is 26.3. The zero-order valence-corrected chi connectivity index (χ0v) is 10.2. The van der Waals surface area contributed by atoms with E-state index >= 15 is 0 Å². The van der Waals surface area contributed by atoms with Crippen molar-refractivity contribution >= 4 is 5.91 Å². The number of aromatic amines is 1. The molecule has 5 nitrogen and oxygen atoms in total. The molecule has 0 spiro atoms. The van der Waals surface area contributed by atoms with E-state index in [0.717, 1.165) is 18.5 Å². The van der Waals surface area contributed by atoms with Gasteiger partial charge in [0.2, 0.25) is 0 Å². The monoisotopic (exact) mass is 237 g/mol. The second-order valence-electron chi connectivity index (χ2n) is 4.09. The lowest BCUT2D eigenvalue weighted by Gasteiger charge is -2.15. The second kappa shape index (κ2) is 6.20. The molecule has 0 saturated carbocycles. The predicted molar refractivity (Wildman–Crippen MR) is 67.0 cm³/mol. The standard InChI is InChI=1S/C12H19N3O2/c1-3-4-9(6-13)15-12(17)10-7-14-8(2)5-11(10)16/h5,7,9H,3-4,6,13H2,1-2H3,(H,14,16)(H,15,17). The average Bonchev–Trinajstić information content (AvgIpc) is 2.28. The topological polar surface area (TPSA) is 88.0 Å². The fourth-order valence-corrected chi connectivity index (χ4v) is 1.61. The van der Waals surface area contributed by atoms with Gasteiger partial charge >= 0.3 is 0 Å². The van der Waals surface area contributed by atoms with Gasteiger partial charge in [0.05, 0.1) is 0 Å². The van der Waals surface area contributed by atoms with Crippen LogP contribution < -0.4 is 16.5 Å². The molecule has 1 aromatic rings. The Morgan fingerprint density at radius 3 is 2.82 bits per heavy atom. The largest absolute Gasteiger partial charge is 0.364 e. The van der Waals surface area contributed by atoms with Crippen LogP contribution in [0.1, 0.15) is 35.8 Å². The van der Waals surface area contributed by atoms with Gasteiger partial charge in [-0.3, -0.25) is 9.59 Å². The molecule has 1 amide bonds. The van der Waals surface area contributed by atoms with Crippen molar-refractivity contribution in [2.75, 3.05) is 6.54 Å². The van der Waals surface area contributed by atoms with Gasteiger partial charge in [-0.1, -0.05) is 13.3 Å². The van der Waals surface area contributed by atoms with Crippen LogP contribution in [0.2, 0.25) is 0 Å². The molecular weight excluding hydrogens is 218 g/mol. The number of aryl methyl sites for hydroxylation is 1. The first kappa shape index (κ1) is 13.4. The molecule has 0 aliphatic heterocycles. The van der Waals surface area contributed by atoms with Crippen LogP contribution in [0.4, 0.5) is 0 Å². The highest BCUT2D eigenvalue weighted by Crippen LogP contribution is 1.98. The molecule has 17 heavy (non-hydrogen) atoms. The number of carbonyl (C=O) groups is 1. The van der Waals surface area contributed by atoms with Gasteiger partial charge in [0.25, 0.3) is 5.91 Å². The third-order valence-corrected chi connectivity index (χ3v) is 2.56. The number of carbonyl (C=O) groups excluding carboxylic acids is 1. The Balaban J connectivity index is 2.79. The molecule has 0 saturated heterocycles. The number of pyridine rings is 1. The van der Waals surface area contributed by atoms with Gasteiger partial charge in [-0.25, -0.2) is 0 Å². The molecule has 1 atom stereocenters. The minimum Gasteiger partial charge on any atom is -0.364 e. The Kier molecular flexibility index (Phi) is 4.90. The van der Waals surface area contributed by atoms with Crippen LogP contribution >= 0.6 is 0 Å². The molecule has 0 aromatic carbocycles. The van der Waals surface area contributed by atoms with E-state index in [1.165, 1.54) is 12.3 Å². The SMILES string of the molecule is CCCC(CN)NC(=O)c1c[nH]c(C)cc1=O. The third kappa shape index (κ3) is 3.71. The van der Waals surface area contributed by atoms with E-state index in [1.54, 1.807) is 6.92 Å². The first-order valence-corrected chi connectivity index (χ1v) is 5.78. The fraction of sp³-hybridized carbons (Fsp3) is 0.500. The lowest BCUT2D eigenvalue weighted by molar-refractivity contribution is 0.0934. The molecule has 5 heteroatoms. The lowest BCUT2D eigenvalue weighted by Crippen LogP contribution is -2.41. The van der Waals surface area contributed by atoms with Crippen LogP contribution in [0.3, 0.4) is 0 Å². The summed E-state index contributed by atoms with van der Waals surface area (Å²) in [6.07, 6.45) is 3.19. The molecule has 0 aliphatic carbocycles. The second-order valence-corrected chi connectivity index (χ2v) is 4.09. The number of rotatable bonds is 5. The molecular formula is C12H19N3O2. The van der Waals surface area contributed by atoms with E-state index < -0.39 is 0 Å². The van der Waals surface area contributed by atoms with E-state index in [4.69, 9.17) is 5.73 Å². The summed E-state index contributed by atoms with van der Waals surface area (Å²) in [5, 5.41) is 2.76. The van der Waals surface area contributed by atoms with Crippen molar-refractivity contribution in [3.63, 3.8) is 0 Å². The summed E-state index contributed by atoms with van der Waals surface area (Å²) in [6.45, 7) is 4.17. The van der Waals surface area contributed by atoms with E-state index in [0.29, 0.717) is 6.54 Å². The highest BCUT2D eigenvalue weighted by molar-refractivity contribution is 5.93. The van der Waals surface area contributed by atoms with Crippen LogP contribution in [-0.2, 0) is 0 Å². The summed E-state index contributed by atoms with van der Waals surface area (Å²) >= 11 is 0. The zero-order valence-electron chi connectivity index (χ0n) is 10.2. The van der Waals surface area contributed by atoms with E-state index in [1.807, 2.05) is 6.92 Å². The van der Waals surface area contributed by atoms with Crippen molar-refractivity contribution in [3.8, 4) is 0 Å². The summed E-state index contributed by atoms with van der Waals surface area (Å²) < 4.78 is 0. The number of nitrogens with one attached hydrogen (secondary N) is 2. The maximum atomic E-state index is 11.8. The van der Waals surface area contributed by atoms with Gasteiger partial charge in [-0.15, -0.1) is 0 Å². The van der Waals surface area contributed by atoms with Gasteiger partial charge in [-0.05, 0) is 13.3 Å². The van der Waals surface area contributed by atoms with Crippen molar-refractivity contribution in [1.82, 2.24) is 10.3 Å². The molecule has 1 heterocycles. The average molecular weight is 237 g/mol. The molecule has 1 unspecified atom stereocenters. The quantitative estimate of drug-likeness (QED) is 0.698. The Hall–Kier alpha value is -1.62. The maximum absolute atomic E-state index is 11.8. The number of hydrogen-bond acceptors (Lipinski definition) is 3. The molecule has 1 aromatic heterocycles. The minimum absolute atomic E-state index is 0.0757. The third-order valence-electron chi connectivity index (χ3n) is 2.56. The molecule has 0 bridgehead atoms. The number of amides is 1. The van der Waals surface area contributed by atoms with Gasteiger partial charge < -0.3 is 16.0 Å². The number of aromatic nitrogens is 1. The molecule has 0 aliphatic rings. The summed E-state index contributed by atoms with van der Waals surface area (Å²) in [6, 6.07) is 1.33. The van der Waals surface area contributed by atoms with E-state index in [9.17, 15) is 9.59 Å². The van der Waals surface area contributed by atoms with Gasteiger partial charge in [-0.2, -0.15) is 0 Å². The molecule has 0 fully saturated rings. The maximum Gasteiger partial charge on any atom is 0.257 e. The van der Waals surface area contributed by atoms with Crippen molar-refractivity contribution in [1.29, 1.82) is 0 Å². The molecule has 1 rings (SSSR count). The van der Waals surface area contributed by atoms with Crippen molar-refractivity contribution < 1.29 is 4.79 Å². The van der Waals surface area contributed by atoms with Gasteiger partial charge in [0.1, 0.15) is 5.56 Å². The van der Waals surface area contributed by atoms with Crippen LogP contribution in [0, 0.1) is 6.92 Å². The highest BCUT2D eigenvalue weighted by Gasteiger charge is 2.14. The van der Waals surface area contributed by atoms with Crippen molar-refractivity contribution in [2.45, 2.75) is 32.7 Å². The smallest absolute Gasteiger partial charge is 0.257 e. The Morgan fingerprint density at radius 2 is 2.29 bits per heavy atom. The fourth-order valence-electron chi connectivity index (χ4n) is 1.61. The summed E-state index contributed by atoms with van der Waals surface area (Å²) in [5.74, 6) is -0.366. The summed E-state index contributed by atoms with van der Waals surface area (Å²) in [5.41, 5.74) is 6.14. The van der Waals surface area contributed by atoms with E-state index in [-0.39, 0.29) is 22.9 Å². The van der Waals surface area contributed by atoms with Crippen LogP contribution in [0.5, 0.6) is 0 Å². The molecule has 0 radical (unpaired) electrons. The number of nitrogens with two attached hydrogens (primary N) is 1. The van der Waals surface area contributed by atoms with Crippen LogP contribution in [0.25, 0.3) is 0 Å². The molecule has 94 valence electrons. The highest BCUT2D eigenvalue weighted by atomic mass is 16.2. The Morgan fingerprint density at radius 1 is 1.59 bits per heavy atom. The Labute approximate surface area is 100 Å². The van der Waals surface area contributed by atoms with Crippen molar-refractivity contribution in [2.24, 2.45) is 5.73 Å². The number of H-pyrrole nitrogens is 1. The lowest BCUT2D eigenvalue weighted by atomic mass is 10.1. The van der Waals surface area contributed by atoms with Gasteiger partial charge in [0, 0.05) is 30.5 Å². The molecule has 4 N–H and O–H groups in total. The Bertz CT molecular complexity index is 440. The normalized spacial score (nSPS) is 12.2. The first-order chi connectivity index (χ1) is 8.08. The van der Waals surface area contributed by atoms with Crippen LogP contribution in [-0.4, -0.2) is 23.5 Å². The zero-order chi connectivity index (χ0) is 12.8. The van der Waals surface area contributed by atoms with E-state index in [2.05, 4.69) is 10.3 Å². The van der Waals surface area contributed by atoms with Crippen molar-refractivity contribution in [3.05, 3.63) is 33.7 Å².